The zero-order valence-corrected chi connectivity index (χ0v) is 19.0. The van der Waals surface area contributed by atoms with E-state index < -0.39 is 10.0 Å². The third kappa shape index (κ3) is 4.79. The van der Waals surface area contributed by atoms with Crippen LogP contribution in [0, 0.1) is 6.92 Å². The third-order valence-electron chi connectivity index (χ3n) is 5.27. The monoisotopic (exact) mass is 427 g/mol. The van der Waals surface area contributed by atoms with Crippen LogP contribution in [0.15, 0.2) is 57.9 Å². The van der Waals surface area contributed by atoms with Gasteiger partial charge < -0.3 is 4.52 Å². The van der Waals surface area contributed by atoms with Gasteiger partial charge in [-0.1, -0.05) is 61.8 Å². The van der Waals surface area contributed by atoms with E-state index in [9.17, 15) is 8.42 Å². The summed E-state index contributed by atoms with van der Waals surface area (Å²) in [5.41, 5.74) is 3.03. The first-order valence-electron chi connectivity index (χ1n) is 10.2. The molecule has 0 saturated heterocycles. The van der Waals surface area contributed by atoms with E-state index in [1.807, 2.05) is 57.2 Å². The highest BCUT2D eigenvalue weighted by atomic mass is 32.2. The van der Waals surface area contributed by atoms with Gasteiger partial charge in [0.05, 0.1) is 11.4 Å². The molecule has 1 heterocycles. The minimum absolute atomic E-state index is 0.0298. The lowest BCUT2D eigenvalue weighted by atomic mass is 10.0. The Labute approximate surface area is 179 Å². The third-order valence-corrected chi connectivity index (χ3v) is 7.25. The van der Waals surface area contributed by atoms with E-state index in [0.717, 1.165) is 16.7 Å². The Morgan fingerprint density at radius 3 is 2.37 bits per heavy atom. The number of sulfonamides is 1. The molecule has 7 heteroatoms. The summed E-state index contributed by atoms with van der Waals surface area (Å²) in [5, 5.41) is 4.04. The van der Waals surface area contributed by atoms with Crippen molar-refractivity contribution in [3.05, 3.63) is 65.5 Å². The van der Waals surface area contributed by atoms with Crippen molar-refractivity contribution < 1.29 is 12.9 Å². The van der Waals surface area contributed by atoms with Gasteiger partial charge in [0.15, 0.2) is 0 Å². The van der Waals surface area contributed by atoms with Crippen LogP contribution < -0.4 is 0 Å². The van der Waals surface area contributed by atoms with Gasteiger partial charge in [-0.05, 0) is 49.9 Å². The van der Waals surface area contributed by atoms with Crippen molar-refractivity contribution >= 4 is 10.0 Å². The minimum atomic E-state index is -3.71. The highest BCUT2D eigenvalue weighted by molar-refractivity contribution is 7.89. The summed E-state index contributed by atoms with van der Waals surface area (Å²) in [7, 11) is -3.71. The van der Waals surface area contributed by atoms with Crippen molar-refractivity contribution in [1.82, 2.24) is 14.4 Å². The van der Waals surface area contributed by atoms with Gasteiger partial charge in [0.2, 0.25) is 21.7 Å². The molecular weight excluding hydrogens is 398 g/mol. The second-order valence-corrected chi connectivity index (χ2v) is 9.80. The Hall–Kier alpha value is -2.51. The Morgan fingerprint density at radius 2 is 1.77 bits per heavy atom. The molecular formula is C23H29N3O3S. The van der Waals surface area contributed by atoms with E-state index in [2.05, 4.69) is 24.0 Å². The molecule has 0 aliphatic heterocycles. The van der Waals surface area contributed by atoms with Crippen LogP contribution in [0.25, 0.3) is 11.4 Å². The van der Waals surface area contributed by atoms with E-state index in [-0.39, 0.29) is 23.4 Å². The molecule has 160 valence electrons. The van der Waals surface area contributed by atoms with Crippen molar-refractivity contribution in [1.29, 1.82) is 0 Å². The highest BCUT2D eigenvalue weighted by Crippen LogP contribution is 2.25. The molecule has 0 bridgehead atoms. The van der Waals surface area contributed by atoms with E-state index in [4.69, 9.17) is 4.52 Å². The van der Waals surface area contributed by atoms with Crippen LogP contribution in [0.3, 0.4) is 0 Å². The van der Waals surface area contributed by atoms with Gasteiger partial charge in [-0.25, -0.2) is 8.42 Å². The Balaban J connectivity index is 1.89. The van der Waals surface area contributed by atoms with Crippen molar-refractivity contribution in [3.63, 3.8) is 0 Å². The molecule has 0 fully saturated rings. The van der Waals surface area contributed by atoms with Gasteiger partial charge in [0.25, 0.3) is 0 Å². The second-order valence-electron chi connectivity index (χ2n) is 7.91. The molecule has 1 aromatic heterocycles. The van der Waals surface area contributed by atoms with Crippen LogP contribution in [0.5, 0.6) is 0 Å². The van der Waals surface area contributed by atoms with E-state index in [0.29, 0.717) is 18.2 Å². The molecule has 0 aliphatic carbocycles. The average Bonchev–Trinajstić information content (AvgIpc) is 3.20. The number of hydrogen-bond donors (Lipinski definition) is 0. The lowest BCUT2D eigenvalue weighted by Gasteiger charge is -2.26. The van der Waals surface area contributed by atoms with Gasteiger partial charge in [0, 0.05) is 11.6 Å². The van der Waals surface area contributed by atoms with Crippen LogP contribution in [-0.2, 0) is 16.6 Å². The molecule has 0 aliphatic rings. The van der Waals surface area contributed by atoms with Gasteiger partial charge >= 0.3 is 0 Å². The summed E-state index contributed by atoms with van der Waals surface area (Å²) in [6, 6.07) is 14.7. The fourth-order valence-corrected chi connectivity index (χ4v) is 4.85. The first-order valence-corrected chi connectivity index (χ1v) is 11.7. The minimum Gasteiger partial charge on any atom is -0.338 e. The molecule has 2 aromatic carbocycles. The van der Waals surface area contributed by atoms with Gasteiger partial charge in [0.1, 0.15) is 0 Å². The fourth-order valence-electron chi connectivity index (χ4n) is 3.20. The molecule has 0 spiro atoms. The van der Waals surface area contributed by atoms with Gasteiger partial charge in [-0.3, -0.25) is 0 Å². The molecule has 0 radical (unpaired) electrons. The molecule has 0 saturated carbocycles. The zero-order valence-electron chi connectivity index (χ0n) is 18.2. The number of benzene rings is 2. The van der Waals surface area contributed by atoms with Crippen molar-refractivity contribution in [2.24, 2.45) is 0 Å². The smallest absolute Gasteiger partial charge is 0.243 e. The zero-order chi connectivity index (χ0) is 21.9. The van der Waals surface area contributed by atoms with E-state index in [1.54, 1.807) is 12.1 Å². The molecule has 0 amide bonds. The van der Waals surface area contributed by atoms with Crippen molar-refractivity contribution in [2.45, 2.75) is 64.4 Å². The summed E-state index contributed by atoms with van der Waals surface area (Å²) >= 11 is 0. The van der Waals surface area contributed by atoms with Crippen LogP contribution in [-0.4, -0.2) is 28.9 Å². The van der Waals surface area contributed by atoms with Gasteiger partial charge in [-0.15, -0.1) is 0 Å². The SMILES string of the molecule is CC[C@@H](C)N(Cc1nc(-c2cccc(C)c2)no1)S(=O)(=O)c1ccc(C(C)C)cc1. The lowest BCUT2D eigenvalue weighted by molar-refractivity contribution is 0.273. The molecule has 0 N–H and O–H groups in total. The predicted molar refractivity (Wildman–Crippen MR) is 117 cm³/mol. The Kier molecular flexibility index (Phi) is 6.73. The normalized spacial score (nSPS) is 13.2. The van der Waals surface area contributed by atoms with Crippen LogP contribution in [0.1, 0.15) is 57.1 Å². The Morgan fingerprint density at radius 1 is 1.07 bits per heavy atom. The predicted octanol–water partition coefficient (Wildman–Crippen LogP) is 5.16. The quantitative estimate of drug-likeness (QED) is 0.496. The van der Waals surface area contributed by atoms with Crippen LogP contribution >= 0.6 is 0 Å². The number of nitrogens with zero attached hydrogens (tertiary/aromatic N) is 3. The maximum absolute atomic E-state index is 13.4. The summed E-state index contributed by atoms with van der Waals surface area (Å²) < 4.78 is 33.6. The van der Waals surface area contributed by atoms with E-state index >= 15 is 0 Å². The summed E-state index contributed by atoms with van der Waals surface area (Å²) in [4.78, 5) is 4.71. The molecule has 6 nitrogen and oxygen atoms in total. The second kappa shape index (κ2) is 9.10. The standard InChI is InChI=1S/C23H29N3O3S/c1-6-18(5)26(30(27,28)21-12-10-19(11-13-21)16(2)3)15-22-24-23(25-29-22)20-9-7-8-17(4)14-20/h7-14,16,18H,6,15H2,1-5H3/t18-/m1/s1. The number of aryl methyl sites for hydroxylation is 1. The number of hydrogen-bond acceptors (Lipinski definition) is 5. The first kappa shape index (κ1) is 22.2. The summed E-state index contributed by atoms with van der Waals surface area (Å²) in [6.07, 6.45) is 0.669. The number of aromatic nitrogens is 2. The maximum Gasteiger partial charge on any atom is 0.243 e. The molecule has 30 heavy (non-hydrogen) atoms. The van der Waals surface area contributed by atoms with Crippen molar-refractivity contribution in [3.8, 4) is 11.4 Å². The summed E-state index contributed by atoms with van der Waals surface area (Å²) in [5.74, 6) is 1.07. The van der Waals surface area contributed by atoms with Crippen molar-refractivity contribution in [2.75, 3.05) is 0 Å². The number of rotatable bonds is 8. The Bertz CT molecular complexity index is 1090. The highest BCUT2D eigenvalue weighted by Gasteiger charge is 2.30. The first-order chi connectivity index (χ1) is 14.2. The van der Waals surface area contributed by atoms with Gasteiger partial charge in [-0.2, -0.15) is 9.29 Å². The van der Waals surface area contributed by atoms with Crippen LogP contribution in [0.4, 0.5) is 0 Å². The topological polar surface area (TPSA) is 76.3 Å². The molecule has 1 atom stereocenters. The molecule has 0 unspecified atom stereocenters. The maximum atomic E-state index is 13.4. The largest absolute Gasteiger partial charge is 0.338 e. The molecule has 3 aromatic rings. The average molecular weight is 428 g/mol. The molecule has 3 rings (SSSR count). The van der Waals surface area contributed by atoms with E-state index in [1.165, 1.54) is 4.31 Å². The fraction of sp³-hybridized carbons (Fsp3) is 0.391. The van der Waals surface area contributed by atoms with Crippen LogP contribution in [0.2, 0.25) is 0 Å². The summed E-state index contributed by atoms with van der Waals surface area (Å²) in [6.45, 7) is 10.0. The lowest BCUT2D eigenvalue weighted by Crippen LogP contribution is -2.37.